The number of benzene rings is 2. The summed E-state index contributed by atoms with van der Waals surface area (Å²) in [6.45, 7) is 3.74. The Kier molecular flexibility index (Phi) is 5.08. The van der Waals surface area contributed by atoms with Crippen LogP contribution in [0.15, 0.2) is 47.6 Å². The van der Waals surface area contributed by atoms with Gasteiger partial charge in [0.15, 0.2) is 0 Å². The van der Waals surface area contributed by atoms with E-state index in [4.69, 9.17) is 11.6 Å². The van der Waals surface area contributed by atoms with Crippen molar-refractivity contribution in [1.29, 1.82) is 0 Å². The summed E-state index contributed by atoms with van der Waals surface area (Å²) in [5.41, 5.74) is 4.80. The lowest BCUT2D eigenvalue weighted by atomic mass is 10.1. The summed E-state index contributed by atoms with van der Waals surface area (Å²) in [6.07, 6.45) is 0. The molecule has 0 aliphatic carbocycles. The Morgan fingerprint density at radius 3 is 2.39 bits per heavy atom. The molecule has 0 saturated carbocycles. The number of nitrogens with zero attached hydrogens (tertiary/aromatic N) is 2. The number of nitro groups is 1. The van der Waals surface area contributed by atoms with Crippen molar-refractivity contribution in [1.82, 2.24) is 5.43 Å². The van der Waals surface area contributed by atoms with Gasteiger partial charge in [0, 0.05) is 11.6 Å². The van der Waals surface area contributed by atoms with Gasteiger partial charge in [0.25, 0.3) is 11.6 Å². The molecule has 118 valence electrons. The molecule has 0 radical (unpaired) electrons. The lowest BCUT2D eigenvalue weighted by Gasteiger charge is -2.04. The number of aryl methyl sites for hydroxylation is 1. The molecular weight excluding hydrogens is 318 g/mol. The molecule has 0 aliphatic heterocycles. The smallest absolute Gasteiger partial charge is 0.267 e. The van der Waals surface area contributed by atoms with Crippen LogP contribution in [0.2, 0.25) is 5.02 Å². The van der Waals surface area contributed by atoms with E-state index >= 15 is 0 Å². The van der Waals surface area contributed by atoms with E-state index < -0.39 is 10.8 Å². The molecule has 6 nitrogen and oxygen atoms in total. The summed E-state index contributed by atoms with van der Waals surface area (Å²) in [4.78, 5) is 22.2. The Bertz CT molecular complexity index is 786. The average Bonchev–Trinajstić information content (AvgIpc) is 2.53. The van der Waals surface area contributed by atoms with Crippen LogP contribution in [-0.4, -0.2) is 16.5 Å². The van der Waals surface area contributed by atoms with Crippen LogP contribution < -0.4 is 5.43 Å². The number of hydrogen-bond donors (Lipinski definition) is 1. The number of halogens is 1. The number of nitro benzene ring substituents is 1. The lowest BCUT2D eigenvalue weighted by molar-refractivity contribution is -0.384. The van der Waals surface area contributed by atoms with Crippen molar-refractivity contribution in [3.8, 4) is 0 Å². The van der Waals surface area contributed by atoms with Crippen LogP contribution in [0.25, 0.3) is 0 Å². The molecule has 1 amide bonds. The van der Waals surface area contributed by atoms with Crippen LogP contribution in [0.3, 0.4) is 0 Å². The van der Waals surface area contributed by atoms with Gasteiger partial charge in [-0.05, 0) is 31.5 Å². The van der Waals surface area contributed by atoms with E-state index in [0.29, 0.717) is 5.71 Å². The highest BCUT2D eigenvalue weighted by atomic mass is 35.5. The first kappa shape index (κ1) is 16.6. The molecular formula is C16H14ClN3O3. The number of rotatable bonds is 4. The number of hydrogen-bond acceptors (Lipinski definition) is 4. The fourth-order valence-electron chi connectivity index (χ4n) is 1.85. The minimum Gasteiger partial charge on any atom is -0.267 e. The summed E-state index contributed by atoms with van der Waals surface area (Å²) in [6, 6.07) is 11.5. The van der Waals surface area contributed by atoms with Gasteiger partial charge in [0.05, 0.1) is 10.6 Å². The zero-order valence-electron chi connectivity index (χ0n) is 12.5. The molecule has 1 N–H and O–H groups in total. The summed E-state index contributed by atoms with van der Waals surface area (Å²) in [5.74, 6) is -0.545. The molecule has 2 rings (SSSR count). The number of carbonyl (C=O) groups excluding carboxylic acids is 1. The monoisotopic (exact) mass is 331 g/mol. The Balaban J connectivity index is 2.16. The summed E-state index contributed by atoms with van der Waals surface area (Å²) >= 11 is 5.72. The van der Waals surface area contributed by atoms with E-state index in [1.165, 1.54) is 12.1 Å². The Hall–Kier alpha value is -2.73. The number of carbonyl (C=O) groups is 1. The number of nitrogens with one attached hydrogen (secondary N) is 1. The standard InChI is InChI=1S/C16H14ClN3O3/c1-10-3-5-12(6-4-10)11(2)18-19-16(21)13-7-8-14(17)15(9-13)20(22)23/h3-9H,1-2H3,(H,19,21)/b18-11-. The highest BCUT2D eigenvalue weighted by Gasteiger charge is 2.16. The van der Waals surface area contributed by atoms with Gasteiger partial charge in [-0.2, -0.15) is 5.10 Å². The van der Waals surface area contributed by atoms with Crippen molar-refractivity contribution in [3.05, 3.63) is 74.3 Å². The zero-order chi connectivity index (χ0) is 17.0. The van der Waals surface area contributed by atoms with Crippen LogP contribution >= 0.6 is 11.6 Å². The molecule has 0 unspecified atom stereocenters. The molecule has 0 spiro atoms. The second-order valence-electron chi connectivity index (χ2n) is 4.93. The largest absolute Gasteiger partial charge is 0.288 e. The third-order valence-electron chi connectivity index (χ3n) is 3.20. The minimum absolute atomic E-state index is 0.0223. The van der Waals surface area contributed by atoms with Crippen molar-refractivity contribution in [2.45, 2.75) is 13.8 Å². The van der Waals surface area contributed by atoms with Crippen LogP contribution in [0.1, 0.15) is 28.4 Å². The summed E-state index contributed by atoms with van der Waals surface area (Å²) in [5, 5.41) is 14.8. The molecule has 23 heavy (non-hydrogen) atoms. The molecule has 2 aromatic carbocycles. The van der Waals surface area contributed by atoms with Crippen molar-refractivity contribution < 1.29 is 9.72 Å². The Labute approximate surface area is 137 Å². The molecule has 0 atom stereocenters. The first-order valence-corrected chi connectivity index (χ1v) is 7.12. The molecule has 2 aromatic rings. The molecule has 0 heterocycles. The van der Waals surface area contributed by atoms with Gasteiger partial charge >= 0.3 is 0 Å². The Morgan fingerprint density at radius 2 is 1.78 bits per heavy atom. The predicted octanol–water partition coefficient (Wildman–Crippen LogP) is 3.71. The van der Waals surface area contributed by atoms with Crippen molar-refractivity contribution >= 4 is 28.9 Å². The second kappa shape index (κ2) is 7.02. The fourth-order valence-corrected chi connectivity index (χ4v) is 2.04. The van der Waals surface area contributed by atoms with Crippen LogP contribution in [-0.2, 0) is 0 Å². The van der Waals surface area contributed by atoms with Crippen LogP contribution in [0.4, 0.5) is 5.69 Å². The Morgan fingerprint density at radius 1 is 1.17 bits per heavy atom. The summed E-state index contributed by atoms with van der Waals surface area (Å²) in [7, 11) is 0. The molecule has 7 heteroatoms. The van der Waals surface area contributed by atoms with E-state index in [1.54, 1.807) is 6.92 Å². The van der Waals surface area contributed by atoms with E-state index in [0.717, 1.165) is 17.2 Å². The van der Waals surface area contributed by atoms with Gasteiger partial charge in [-0.25, -0.2) is 5.43 Å². The number of amides is 1. The first-order chi connectivity index (χ1) is 10.9. The van der Waals surface area contributed by atoms with Gasteiger partial charge < -0.3 is 0 Å². The van der Waals surface area contributed by atoms with Gasteiger partial charge in [-0.3, -0.25) is 14.9 Å². The third kappa shape index (κ3) is 4.14. The quantitative estimate of drug-likeness (QED) is 0.526. The van der Waals surface area contributed by atoms with Crippen LogP contribution in [0, 0.1) is 17.0 Å². The van der Waals surface area contributed by atoms with E-state index in [2.05, 4.69) is 10.5 Å². The van der Waals surface area contributed by atoms with E-state index in [-0.39, 0.29) is 16.3 Å². The van der Waals surface area contributed by atoms with Gasteiger partial charge in [0.1, 0.15) is 5.02 Å². The van der Waals surface area contributed by atoms with Crippen molar-refractivity contribution in [3.63, 3.8) is 0 Å². The third-order valence-corrected chi connectivity index (χ3v) is 3.52. The maximum absolute atomic E-state index is 12.0. The molecule has 0 aliphatic rings. The van der Waals surface area contributed by atoms with E-state index in [1.807, 2.05) is 31.2 Å². The predicted molar refractivity (Wildman–Crippen MR) is 89.0 cm³/mol. The van der Waals surface area contributed by atoms with Gasteiger partial charge in [-0.15, -0.1) is 0 Å². The second-order valence-corrected chi connectivity index (χ2v) is 5.33. The molecule has 0 fully saturated rings. The minimum atomic E-state index is -0.639. The molecule has 0 saturated heterocycles. The fraction of sp³-hybridized carbons (Fsp3) is 0.125. The lowest BCUT2D eigenvalue weighted by Crippen LogP contribution is -2.19. The van der Waals surface area contributed by atoms with E-state index in [9.17, 15) is 14.9 Å². The summed E-state index contributed by atoms with van der Waals surface area (Å²) < 4.78 is 0. The average molecular weight is 332 g/mol. The topological polar surface area (TPSA) is 84.6 Å². The van der Waals surface area contributed by atoms with Crippen molar-refractivity contribution in [2.24, 2.45) is 5.10 Å². The van der Waals surface area contributed by atoms with Gasteiger partial charge in [0.2, 0.25) is 0 Å². The molecule has 0 aromatic heterocycles. The number of hydrazone groups is 1. The SMILES string of the molecule is C/C(=N/NC(=O)c1ccc(Cl)c([N+](=O)[O-])c1)c1ccc(C)cc1. The molecule has 0 bridgehead atoms. The zero-order valence-corrected chi connectivity index (χ0v) is 13.3. The maximum atomic E-state index is 12.0. The maximum Gasteiger partial charge on any atom is 0.288 e. The highest BCUT2D eigenvalue weighted by Crippen LogP contribution is 2.24. The first-order valence-electron chi connectivity index (χ1n) is 6.74. The van der Waals surface area contributed by atoms with Crippen LogP contribution in [0.5, 0.6) is 0 Å². The highest BCUT2D eigenvalue weighted by molar-refractivity contribution is 6.32. The van der Waals surface area contributed by atoms with Gasteiger partial charge in [-0.1, -0.05) is 41.4 Å². The van der Waals surface area contributed by atoms with Crippen molar-refractivity contribution in [2.75, 3.05) is 0 Å². The normalized spacial score (nSPS) is 11.2.